The van der Waals surface area contributed by atoms with Gasteiger partial charge >= 0.3 is 0 Å². The Labute approximate surface area is 167 Å². The summed E-state index contributed by atoms with van der Waals surface area (Å²) in [6, 6.07) is 13.3. The Hall–Kier alpha value is -2.82. The standard InChI is InChI=1S/C23H29N3O2/c1-17-13-18(2)15-21(14-17)24-16-22(27)25-20-9-7-19(8-10-20)23(28)26-11-5-3-4-6-12-26/h7-10,13-15,24H,3-6,11-12,16H2,1-2H3,(H,25,27). The zero-order chi connectivity index (χ0) is 19.9. The molecule has 5 heteroatoms. The highest BCUT2D eigenvalue weighted by atomic mass is 16.2. The molecule has 2 amide bonds. The van der Waals surface area contributed by atoms with Gasteiger partial charge in [-0.1, -0.05) is 18.9 Å². The second-order valence-electron chi connectivity index (χ2n) is 7.56. The summed E-state index contributed by atoms with van der Waals surface area (Å²) in [5.41, 5.74) is 4.62. The molecular weight excluding hydrogens is 350 g/mol. The number of nitrogens with one attached hydrogen (secondary N) is 2. The van der Waals surface area contributed by atoms with E-state index < -0.39 is 0 Å². The molecule has 0 aliphatic carbocycles. The van der Waals surface area contributed by atoms with Gasteiger partial charge in [-0.05, 0) is 74.2 Å². The van der Waals surface area contributed by atoms with Crippen molar-refractivity contribution in [2.24, 2.45) is 0 Å². The van der Waals surface area contributed by atoms with E-state index in [2.05, 4.69) is 16.7 Å². The molecule has 0 aromatic heterocycles. The van der Waals surface area contributed by atoms with E-state index in [9.17, 15) is 9.59 Å². The molecule has 2 N–H and O–H groups in total. The number of nitrogens with zero attached hydrogens (tertiary/aromatic N) is 1. The number of benzene rings is 2. The van der Waals surface area contributed by atoms with E-state index in [1.165, 1.54) is 12.8 Å². The molecule has 3 rings (SSSR count). The van der Waals surface area contributed by atoms with E-state index in [0.717, 1.165) is 42.7 Å². The van der Waals surface area contributed by atoms with Crippen molar-refractivity contribution in [2.75, 3.05) is 30.3 Å². The highest BCUT2D eigenvalue weighted by molar-refractivity contribution is 5.96. The Kier molecular flexibility index (Phi) is 6.69. The average molecular weight is 380 g/mol. The lowest BCUT2D eigenvalue weighted by atomic mass is 10.1. The van der Waals surface area contributed by atoms with Crippen molar-refractivity contribution in [3.8, 4) is 0 Å². The monoisotopic (exact) mass is 379 g/mol. The molecule has 1 fully saturated rings. The number of aryl methyl sites for hydroxylation is 2. The molecule has 1 saturated heterocycles. The summed E-state index contributed by atoms with van der Waals surface area (Å²) < 4.78 is 0. The first-order valence-corrected chi connectivity index (χ1v) is 10.0. The smallest absolute Gasteiger partial charge is 0.253 e. The van der Waals surface area contributed by atoms with E-state index in [4.69, 9.17) is 0 Å². The fourth-order valence-electron chi connectivity index (χ4n) is 3.62. The second-order valence-corrected chi connectivity index (χ2v) is 7.56. The summed E-state index contributed by atoms with van der Waals surface area (Å²) in [5, 5.41) is 6.02. The van der Waals surface area contributed by atoms with Crippen LogP contribution in [0.15, 0.2) is 42.5 Å². The van der Waals surface area contributed by atoms with Gasteiger partial charge in [-0.2, -0.15) is 0 Å². The number of likely N-dealkylation sites (tertiary alicyclic amines) is 1. The van der Waals surface area contributed by atoms with Gasteiger partial charge in [0.05, 0.1) is 6.54 Å². The van der Waals surface area contributed by atoms with Crippen LogP contribution in [0.5, 0.6) is 0 Å². The third-order valence-corrected chi connectivity index (χ3v) is 4.98. The molecule has 0 spiro atoms. The SMILES string of the molecule is Cc1cc(C)cc(NCC(=O)Nc2ccc(C(=O)N3CCCCCC3)cc2)c1. The van der Waals surface area contributed by atoms with Gasteiger partial charge in [-0.15, -0.1) is 0 Å². The van der Waals surface area contributed by atoms with E-state index in [1.807, 2.05) is 30.9 Å². The lowest BCUT2D eigenvalue weighted by Gasteiger charge is -2.20. The molecule has 5 nitrogen and oxygen atoms in total. The summed E-state index contributed by atoms with van der Waals surface area (Å²) in [5.74, 6) is -0.0398. The first-order valence-electron chi connectivity index (χ1n) is 10.0. The zero-order valence-electron chi connectivity index (χ0n) is 16.8. The summed E-state index contributed by atoms with van der Waals surface area (Å²) in [4.78, 5) is 26.8. The third-order valence-electron chi connectivity index (χ3n) is 4.98. The molecule has 2 aromatic carbocycles. The lowest BCUT2D eigenvalue weighted by molar-refractivity contribution is -0.114. The Balaban J connectivity index is 1.53. The van der Waals surface area contributed by atoms with Crippen molar-refractivity contribution in [1.82, 2.24) is 4.90 Å². The predicted octanol–water partition coefficient (Wildman–Crippen LogP) is 4.37. The van der Waals surface area contributed by atoms with Gasteiger partial charge in [0.15, 0.2) is 0 Å². The predicted molar refractivity (Wildman–Crippen MR) is 114 cm³/mol. The van der Waals surface area contributed by atoms with E-state index in [0.29, 0.717) is 11.3 Å². The van der Waals surface area contributed by atoms with Gasteiger partial charge in [0.1, 0.15) is 0 Å². The molecule has 0 radical (unpaired) electrons. The Morgan fingerprint density at radius 2 is 1.46 bits per heavy atom. The number of hydrogen-bond acceptors (Lipinski definition) is 3. The number of rotatable bonds is 5. The Bertz CT molecular complexity index is 802. The number of anilines is 2. The number of carbonyl (C=O) groups is 2. The minimum Gasteiger partial charge on any atom is -0.376 e. The normalized spacial score (nSPS) is 14.3. The van der Waals surface area contributed by atoms with Crippen LogP contribution in [0.25, 0.3) is 0 Å². The van der Waals surface area contributed by atoms with Gasteiger partial charge in [0.2, 0.25) is 5.91 Å². The molecule has 0 unspecified atom stereocenters. The minimum absolute atomic E-state index is 0.0799. The maximum Gasteiger partial charge on any atom is 0.253 e. The van der Waals surface area contributed by atoms with E-state index in [1.54, 1.807) is 24.3 Å². The van der Waals surface area contributed by atoms with Crippen LogP contribution in [0.3, 0.4) is 0 Å². The van der Waals surface area contributed by atoms with Crippen LogP contribution in [0, 0.1) is 13.8 Å². The average Bonchev–Trinajstić information content (AvgIpc) is 2.95. The molecule has 1 aliphatic rings. The molecule has 0 saturated carbocycles. The Morgan fingerprint density at radius 3 is 2.07 bits per heavy atom. The van der Waals surface area contributed by atoms with Crippen molar-refractivity contribution in [3.05, 3.63) is 59.2 Å². The highest BCUT2D eigenvalue weighted by Crippen LogP contribution is 2.16. The van der Waals surface area contributed by atoms with Crippen LogP contribution in [0.1, 0.15) is 47.2 Å². The third kappa shape index (κ3) is 5.59. The van der Waals surface area contributed by atoms with E-state index >= 15 is 0 Å². The number of hydrogen-bond donors (Lipinski definition) is 2. The number of amides is 2. The van der Waals surface area contributed by atoms with Crippen LogP contribution in [-0.2, 0) is 4.79 Å². The lowest BCUT2D eigenvalue weighted by Crippen LogP contribution is -2.31. The molecule has 2 aromatic rings. The fraction of sp³-hybridized carbons (Fsp3) is 0.391. The van der Waals surface area contributed by atoms with Gasteiger partial charge < -0.3 is 15.5 Å². The van der Waals surface area contributed by atoms with Crippen molar-refractivity contribution < 1.29 is 9.59 Å². The van der Waals surface area contributed by atoms with Crippen LogP contribution in [-0.4, -0.2) is 36.3 Å². The fourth-order valence-corrected chi connectivity index (χ4v) is 3.62. The Morgan fingerprint density at radius 1 is 0.857 bits per heavy atom. The van der Waals surface area contributed by atoms with Gasteiger partial charge in [0, 0.05) is 30.0 Å². The number of carbonyl (C=O) groups excluding carboxylic acids is 2. The largest absolute Gasteiger partial charge is 0.376 e. The summed E-state index contributed by atoms with van der Waals surface area (Å²) in [7, 11) is 0. The molecule has 1 aliphatic heterocycles. The molecular formula is C23H29N3O2. The zero-order valence-corrected chi connectivity index (χ0v) is 16.8. The summed E-state index contributed by atoms with van der Waals surface area (Å²) >= 11 is 0. The van der Waals surface area contributed by atoms with Crippen LogP contribution in [0.2, 0.25) is 0 Å². The molecule has 0 atom stereocenters. The van der Waals surface area contributed by atoms with Crippen molar-refractivity contribution >= 4 is 23.2 Å². The topological polar surface area (TPSA) is 61.4 Å². The van der Waals surface area contributed by atoms with E-state index in [-0.39, 0.29) is 18.4 Å². The summed E-state index contributed by atoms with van der Waals surface area (Å²) in [6.07, 6.45) is 4.55. The molecule has 1 heterocycles. The van der Waals surface area contributed by atoms with Gasteiger partial charge in [0.25, 0.3) is 5.91 Å². The van der Waals surface area contributed by atoms with Gasteiger partial charge in [-0.25, -0.2) is 0 Å². The maximum absolute atomic E-state index is 12.6. The van der Waals surface area contributed by atoms with Crippen LogP contribution < -0.4 is 10.6 Å². The van der Waals surface area contributed by atoms with Crippen molar-refractivity contribution in [1.29, 1.82) is 0 Å². The quantitative estimate of drug-likeness (QED) is 0.811. The first-order chi connectivity index (χ1) is 13.5. The maximum atomic E-state index is 12.6. The minimum atomic E-state index is -0.120. The van der Waals surface area contributed by atoms with Gasteiger partial charge in [-0.3, -0.25) is 9.59 Å². The van der Waals surface area contributed by atoms with Crippen LogP contribution in [0.4, 0.5) is 11.4 Å². The molecule has 148 valence electrons. The first kappa shape index (κ1) is 19.9. The van der Waals surface area contributed by atoms with Crippen molar-refractivity contribution in [2.45, 2.75) is 39.5 Å². The second kappa shape index (κ2) is 9.40. The molecule has 0 bridgehead atoms. The highest BCUT2D eigenvalue weighted by Gasteiger charge is 2.17. The summed E-state index contributed by atoms with van der Waals surface area (Å²) in [6.45, 7) is 5.93. The van der Waals surface area contributed by atoms with Crippen LogP contribution >= 0.6 is 0 Å². The van der Waals surface area contributed by atoms with Crippen molar-refractivity contribution in [3.63, 3.8) is 0 Å². The molecule has 28 heavy (non-hydrogen) atoms.